The highest BCUT2D eigenvalue weighted by Gasteiger charge is 2.48. The fraction of sp³-hybridized carbons (Fsp3) is 0.160. The van der Waals surface area contributed by atoms with Gasteiger partial charge in [-0.25, -0.2) is 20.0 Å². The number of halogens is 1. The normalized spacial score (nSPS) is 17.2. The monoisotopic (exact) mass is 463 g/mol. The van der Waals surface area contributed by atoms with Gasteiger partial charge >= 0.3 is 12.1 Å². The predicted molar refractivity (Wildman–Crippen MR) is 126 cm³/mol. The minimum Gasteiger partial charge on any atom is -0.452 e. The van der Waals surface area contributed by atoms with Crippen molar-refractivity contribution in [1.29, 1.82) is 0 Å². The number of nitrogens with one attached hydrogen (secondary N) is 2. The van der Waals surface area contributed by atoms with Crippen LogP contribution in [0.25, 0.3) is 0 Å². The zero-order valence-electron chi connectivity index (χ0n) is 18.1. The Morgan fingerprint density at radius 2 is 1.82 bits per heavy atom. The molecule has 0 bridgehead atoms. The molecule has 7 nitrogen and oxygen atoms in total. The van der Waals surface area contributed by atoms with Crippen LogP contribution in [0.1, 0.15) is 22.3 Å². The minimum absolute atomic E-state index is 0.265. The second-order valence-corrected chi connectivity index (χ2v) is 8.04. The van der Waals surface area contributed by atoms with E-state index in [-0.39, 0.29) is 5.90 Å². The third kappa shape index (κ3) is 4.68. The molecule has 1 amide bonds. The molecular formula is C25H22ClN3O4. The molecule has 8 heteroatoms. The number of benzene rings is 3. The number of esters is 1. The lowest BCUT2D eigenvalue weighted by atomic mass is 9.84. The fourth-order valence-corrected chi connectivity index (χ4v) is 3.79. The number of hydrazine groups is 1. The molecule has 3 aromatic rings. The van der Waals surface area contributed by atoms with Crippen molar-refractivity contribution in [3.05, 3.63) is 100 Å². The number of anilines is 1. The van der Waals surface area contributed by atoms with E-state index >= 15 is 0 Å². The van der Waals surface area contributed by atoms with Gasteiger partial charge in [-0.15, -0.1) is 0 Å². The summed E-state index contributed by atoms with van der Waals surface area (Å²) >= 11 is 6.46. The van der Waals surface area contributed by atoms with E-state index in [1.807, 2.05) is 61.5 Å². The molecule has 1 aliphatic rings. The third-order valence-corrected chi connectivity index (χ3v) is 5.66. The Morgan fingerprint density at radius 3 is 2.48 bits per heavy atom. The van der Waals surface area contributed by atoms with Crippen molar-refractivity contribution in [2.45, 2.75) is 18.9 Å². The Kier molecular flexibility index (Phi) is 6.33. The van der Waals surface area contributed by atoms with Crippen molar-refractivity contribution in [1.82, 2.24) is 5.43 Å². The van der Waals surface area contributed by atoms with Crippen LogP contribution in [0.2, 0.25) is 5.02 Å². The number of carbonyl (C=O) groups is 2. The Bertz CT molecular complexity index is 1210. The molecular weight excluding hydrogens is 442 g/mol. The second kappa shape index (κ2) is 9.34. The van der Waals surface area contributed by atoms with E-state index in [1.165, 1.54) is 7.11 Å². The van der Waals surface area contributed by atoms with Gasteiger partial charge in [0.05, 0.1) is 17.8 Å². The summed E-state index contributed by atoms with van der Waals surface area (Å²) in [6.07, 6.45) is -0.367. The maximum atomic E-state index is 13.3. The Labute approximate surface area is 196 Å². The Hall–Kier alpha value is -3.84. The molecule has 1 atom stereocenters. The predicted octanol–water partition coefficient (Wildman–Crippen LogP) is 4.77. The summed E-state index contributed by atoms with van der Waals surface area (Å²) in [5.41, 5.74) is 7.49. The number of aliphatic imine (C=N–C) groups is 1. The molecule has 1 heterocycles. The molecule has 0 spiro atoms. The molecule has 2 N–H and O–H groups in total. The topological polar surface area (TPSA) is 89.0 Å². The van der Waals surface area contributed by atoms with Gasteiger partial charge < -0.3 is 9.47 Å². The molecule has 0 aliphatic carbocycles. The van der Waals surface area contributed by atoms with Crippen LogP contribution in [0.5, 0.6) is 0 Å². The van der Waals surface area contributed by atoms with Crippen LogP contribution in [0.15, 0.2) is 77.8 Å². The highest BCUT2D eigenvalue weighted by molar-refractivity contribution is 6.33. The largest absolute Gasteiger partial charge is 0.452 e. The second-order valence-electron chi connectivity index (χ2n) is 7.63. The van der Waals surface area contributed by atoms with Crippen molar-refractivity contribution >= 4 is 35.2 Å². The molecule has 0 fully saturated rings. The van der Waals surface area contributed by atoms with Crippen LogP contribution >= 0.6 is 11.6 Å². The summed E-state index contributed by atoms with van der Waals surface area (Å²) in [7, 11) is 1.25. The van der Waals surface area contributed by atoms with Gasteiger partial charge in [0.25, 0.3) is 0 Å². The lowest BCUT2D eigenvalue weighted by Crippen LogP contribution is -2.34. The van der Waals surface area contributed by atoms with Gasteiger partial charge in [0.15, 0.2) is 5.54 Å². The highest BCUT2D eigenvalue weighted by atomic mass is 35.5. The van der Waals surface area contributed by atoms with Crippen molar-refractivity contribution in [2.24, 2.45) is 4.99 Å². The summed E-state index contributed by atoms with van der Waals surface area (Å²) in [6, 6.07) is 22.3. The molecule has 0 aromatic heterocycles. The number of nitrogens with zero attached hydrogens (tertiary/aromatic N) is 1. The van der Waals surface area contributed by atoms with E-state index in [4.69, 9.17) is 21.3 Å². The zero-order valence-corrected chi connectivity index (χ0v) is 18.8. The van der Waals surface area contributed by atoms with Gasteiger partial charge in [0.2, 0.25) is 5.90 Å². The number of methoxy groups -OCH3 is 1. The van der Waals surface area contributed by atoms with Gasteiger partial charge in [0.1, 0.15) is 0 Å². The number of aryl methyl sites for hydroxylation is 1. The lowest BCUT2D eigenvalue weighted by Gasteiger charge is -2.23. The minimum atomic E-state index is -1.31. The number of hydrogen-bond acceptors (Lipinski definition) is 6. The van der Waals surface area contributed by atoms with Crippen molar-refractivity contribution in [3.8, 4) is 0 Å². The van der Waals surface area contributed by atoms with Crippen LogP contribution in [0.3, 0.4) is 0 Å². The fourth-order valence-electron chi connectivity index (χ4n) is 3.56. The van der Waals surface area contributed by atoms with E-state index in [2.05, 4.69) is 15.6 Å². The summed E-state index contributed by atoms with van der Waals surface area (Å²) in [5, 5.41) is 0.295. The van der Waals surface area contributed by atoms with Gasteiger partial charge in [-0.05, 0) is 42.3 Å². The summed E-state index contributed by atoms with van der Waals surface area (Å²) in [5.74, 6) is -0.215. The van der Waals surface area contributed by atoms with Crippen LogP contribution < -0.4 is 10.9 Å². The zero-order chi connectivity index (χ0) is 23.4. The standard InChI is InChI=1S/C25H22ClN3O4/c1-16-8-10-18(11-9-16)22-27-25(23(30)33-22,15-17-6-4-3-5-7-17)19-12-13-21(20(26)14-19)28-29-24(31)32-2/h3-14,28H,15H2,1-2H3,(H,29,31)/t25-/m1/s1. The summed E-state index contributed by atoms with van der Waals surface area (Å²) in [4.78, 5) is 29.5. The number of amides is 1. The molecule has 0 saturated heterocycles. The average Bonchev–Trinajstić information content (AvgIpc) is 3.16. The molecule has 33 heavy (non-hydrogen) atoms. The quantitative estimate of drug-likeness (QED) is 0.406. The first-order valence-corrected chi connectivity index (χ1v) is 10.6. The van der Waals surface area contributed by atoms with Gasteiger partial charge in [-0.2, -0.15) is 0 Å². The molecule has 0 unspecified atom stereocenters. The molecule has 0 radical (unpaired) electrons. The lowest BCUT2D eigenvalue weighted by molar-refractivity contribution is -0.139. The van der Waals surface area contributed by atoms with E-state index < -0.39 is 17.6 Å². The number of rotatable bonds is 6. The number of ether oxygens (including phenoxy) is 2. The number of carbonyl (C=O) groups excluding carboxylic acids is 2. The highest BCUT2D eigenvalue weighted by Crippen LogP contribution is 2.39. The van der Waals surface area contributed by atoms with Crippen LogP contribution in [-0.4, -0.2) is 25.1 Å². The third-order valence-electron chi connectivity index (χ3n) is 5.35. The van der Waals surface area contributed by atoms with Gasteiger partial charge in [-0.3, -0.25) is 5.43 Å². The molecule has 168 valence electrons. The van der Waals surface area contributed by atoms with Gasteiger partial charge in [-0.1, -0.05) is 65.7 Å². The van der Waals surface area contributed by atoms with Crippen molar-refractivity contribution < 1.29 is 19.1 Å². The first-order chi connectivity index (χ1) is 15.9. The molecule has 4 rings (SSSR count). The summed E-state index contributed by atoms with van der Waals surface area (Å²) < 4.78 is 10.2. The van der Waals surface area contributed by atoms with E-state index in [0.29, 0.717) is 22.7 Å². The molecule has 3 aromatic carbocycles. The van der Waals surface area contributed by atoms with Crippen LogP contribution in [-0.2, 0) is 26.2 Å². The first-order valence-electron chi connectivity index (χ1n) is 10.2. The smallest absolute Gasteiger partial charge is 0.425 e. The average molecular weight is 464 g/mol. The Morgan fingerprint density at radius 1 is 1.09 bits per heavy atom. The maximum Gasteiger partial charge on any atom is 0.425 e. The maximum absolute atomic E-state index is 13.3. The van der Waals surface area contributed by atoms with Gasteiger partial charge in [0, 0.05) is 12.0 Å². The van der Waals surface area contributed by atoms with Crippen LogP contribution in [0.4, 0.5) is 10.5 Å². The van der Waals surface area contributed by atoms with E-state index in [1.54, 1.807) is 18.2 Å². The number of hydrogen-bond donors (Lipinski definition) is 2. The summed E-state index contributed by atoms with van der Waals surface area (Å²) in [6.45, 7) is 1.98. The van der Waals surface area contributed by atoms with Crippen molar-refractivity contribution in [2.75, 3.05) is 12.5 Å². The number of cyclic esters (lactones) is 1. The Balaban J connectivity index is 1.75. The molecule has 0 saturated carbocycles. The van der Waals surface area contributed by atoms with Crippen molar-refractivity contribution in [3.63, 3.8) is 0 Å². The van der Waals surface area contributed by atoms with Crippen LogP contribution in [0, 0.1) is 6.92 Å². The van der Waals surface area contributed by atoms with E-state index in [0.717, 1.165) is 16.7 Å². The molecule has 1 aliphatic heterocycles. The van der Waals surface area contributed by atoms with E-state index in [9.17, 15) is 9.59 Å². The first kappa shape index (κ1) is 22.4. The SMILES string of the molecule is COC(=O)NNc1ccc([C@@]2(Cc3ccccc3)N=C(c3ccc(C)cc3)OC2=O)cc1Cl.